The molecule has 1 aliphatic rings. The minimum atomic E-state index is -0.0127. The third kappa shape index (κ3) is 3.72. The van der Waals surface area contributed by atoms with Crippen molar-refractivity contribution in [3.63, 3.8) is 0 Å². The van der Waals surface area contributed by atoms with Gasteiger partial charge in [-0.3, -0.25) is 4.79 Å². The molecule has 1 aliphatic heterocycles. The average Bonchev–Trinajstić information content (AvgIpc) is 3.16. The summed E-state index contributed by atoms with van der Waals surface area (Å²) in [6.45, 7) is 3.57. The number of rotatable bonds is 4. The summed E-state index contributed by atoms with van der Waals surface area (Å²) < 4.78 is 5.86. The highest BCUT2D eigenvalue weighted by Crippen LogP contribution is 2.29. The van der Waals surface area contributed by atoms with Crippen LogP contribution in [0.4, 0.5) is 6.01 Å². The number of hydrogen-bond acceptors (Lipinski definition) is 4. The molecular weight excluding hydrogens is 374 g/mol. The molecule has 0 aliphatic carbocycles. The Balaban J connectivity index is 1.39. The molecule has 2 aromatic carbocycles. The van der Waals surface area contributed by atoms with Crippen LogP contribution in [0, 0.1) is 5.92 Å². The van der Waals surface area contributed by atoms with E-state index in [0.29, 0.717) is 11.0 Å². The van der Waals surface area contributed by atoms with Crippen LogP contribution in [-0.4, -0.2) is 35.9 Å². The van der Waals surface area contributed by atoms with Crippen LogP contribution in [-0.2, 0) is 4.79 Å². The maximum atomic E-state index is 13.0. The molecule has 4 rings (SSSR count). The number of halogens is 1. The Kier molecular flexibility index (Phi) is 5.27. The monoisotopic (exact) mass is 397 g/mol. The lowest BCUT2D eigenvalue weighted by atomic mass is 9.94. The van der Waals surface area contributed by atoms with Crippen LogP contribution in [0.3, 0.4) is 0 Å². The first-order chi connectivity index (χ1) is 13.5. The summed E-state index contributed by atoms with van der Waals surface area (Å²) >= 11 is 6.10. The largest absolute Gasteiger partial charge is 0.423 e. The van der Waals surface area contributed by atoms with Crippen molar-refractivity contribution in [3.05, 3.63) is 59.1 Å². The highest BCUT2D eigenvalue weighted by molar-refractivity contribution is 6.30. The average molecular weight is 398 g/mol. The van der Waals surface area contributed by atoms with E-state index in [1.165, 1.54) is 0 Å². The van der Waals surface area contributed by atoms with Crippen molar-refractivity contribution in [2.75, 3.05) is 25.0 Å². The zero-order valence-corrected chi connectivity index (χ0v) is 16.9. The first-order valence-corrected chi connectivity index (χ1v) is 10.0. The second-order valence-electron chi connectivity index (χ2n) is 7.41. The molecular formula is C22H24ClN3O2. The van der Waals surface area contributed by atoms with Crippen molar-refractivity contribution in [1.82, 2.24) is 9.88 Å². The van der Waals surface area contributed by atoms with Crippen molar-refractivity contribution >= 4 is 34.6 Å². The van der Waals surface area contributed by atoms with E-state index >= 15 is 0 Å². The Labute approximate surface area is 169 Å². The molecule has 28 heavy (non-hydrogen) atoms. The first-order valence-electron chi connectivity index (χ1n) is 9.65. The highest BCUT2D eigenvalue weighted by Gasteiger charge is 2.30. The van der Waals surface area contributed by atoms with Gasteiger partial charge in [0.15, 0.2) is 5.58 Å². The minimum absolute atomic E-state index is 0.0127. The van der Waals surface area contributed by atoms with E-state index in [4.69, 9.17) is 16.0 Å². The van der Waals surface area contributed by atoms with Gasteiger partial charge in [0.25, 0.3) is 6.01 Å². The summed E-state index contributed by atoms with van der Waals surface area (Å²) in [6.07, 6.45) is 1.59. The van der Waals surface area contributed by atoms with Crippen molar-refractivity contribution in [2.24, 2.45) is 5.92 Å². The van der Waals surface area contributed by atoms with E-state index in [9.17, 15) is 4.79 Å². The predicted octanol–water partition coefficient (Wildman–Crippen LogP) is 4.92. The molecule has 1 fully saturated rings. The maximum Gasteiger partial charge on any atom is 0.298 e. The second-order valence-corrected chi connectivity index (χ2v) is 7.84. The van der Waals surface area contributed by atoms with Gasteiger partial charge in [0.2, 0.25) is 5.91 Å². The molecule has 6 heteroatoms. The first kappa shape index (κ1) is 18.8. The predicted molar refractivity (Wildman–Crippen MR) is 112 cm³/mol. The number of carbonyl (C=O) groups excluding carboxylic acids is 1. The lowest BCUT2D eigenvalue weighted by Crippen LogP contribution is -2.42. The van der Waals surface area contributed by atoms with E-state index in [1.54, 1.807) is 0 Å². The molecule has 146 valence electrons. The van der Waals surface area contributed by atoms with Gasteiger partial charge in [-0.25, -0.2) is 0 Å². The molecule has 1 aromatic heterocycles. The molecule has 0 spiro atoms. The topological polar surface area (TPSA) is 49.6 Å². The van der Waals surface area contributed by atoms with E-state index in [2.05, 4.69) is 9.88 Å². The molecule has 1 saturated heterocycles. The quantitative estimate of drug-likeness (QED) is 0.627. The highest BCUT2D eigenvalue weighted by atomic mass is 35.5. The van der Waals surface area contributed by atoms with Crippen molar-refractivity contribution in [1.29, 1.82) is 0 Å². The number of piperidine rings is 1. The van der Waals surface area contributed by atoms with Gasteiger partial charge in [0.1, 0.15) is 5.52 Å². The summed E-state index contributed by atoms with van der Waals surface area (Å²) in [6, 6.07) is 16.1. The summed E-state index contributed by atoms with van der Waals surface area (Å²) in [5.74, 6) is 0.206. The SMILES string of the molecule is CC(c1cccc(Cl)c1)N(C)C(=O)C1CCN(c2nc3ccccc3o2)CC1. The normalized spacial score (nSPS) is 16.3. The van der Waals surface area contributed by atoms with Gasteiger partial charge in [-0.1, -0.05) is 35.9 Å². The summed E-state index contributed by atoms with van der Waals surface area (Å²) in [4.78, 5) is 21.6. The molecule has 0 radical (unpaired) electrons. The number of anilines is 1. The number of oxazole rings is 1. The molecule has 1 unspecified atom stereocenters. The van der Waals surface area contributed by atoms with Crippen LogP contribution in [0.15, 0.2) is 52.9 Å². The van der Waals surface area contributed by atoms with Crippen LogP contribution < -0.4 is 4.90 Å². The number of para-hydroxylation sites is 2. The molecule has 3 aromatic rings. The third-order valence-corrected chi connectivity index (χ3v) is 5.89. The number of nitrogens with zero attached hydrogens (tertiary/aromatic N) is 3. The van der Waals surface area contributed by atoms with Gasteiger partial charge >= 0.3 is 0 Å². The van der Waals surface area contributed by atoms with Crippen LogP contribution in [0.1, 0.15) is 31.4 Å². The van der Waals surface area contributed by atoms with Gasteiger partial charge in [0, 0.05) is 31.1 Å². The van der Waals surface area contributed by atoms with E-state index in [0.717, 1.165) is 42.6 Å². The number of fused-ring (bicyclic) bond motifs is 1. The van der Waals surface area contributed by atoms with Gasteiger partial charge in [-0.2, -0.15) is 4.98 Å². The summed E-state index contributed by atoms with van der Waals surface area (Å²) in [5, 5.41) is 0.692. The fourth-order valence-corrected chi connectivity index (χ4v) is 3.98. The zero-order valence-electron chi connectivity index (χ0n) is 16.1. The lowest BCUT2D eigenvalue weighted by molar-refractivity contribution is -0.136. The molecule has 5 nitrogen and oxygen atoms in total. The fraction of sp³-hybridized carbons (Fsp3) is 0.364. The molecule has 0 bridgehead atoms. The number of aromatic nitrogens is 1. The Morgan fingerprint density at radius 3 is 2.68 bits per heavy atom. The smallest absolute Gasteiger partial charge is 0.298 e. The van der Waals surface area contributed by atoms with Gasteiger partial charge in [0.05, 0.1) is 6.04 Å². The minimum Gasteiger partial charge on any atom is -0.423 e. The number of carbonyl (C=O) groups is 1. The fourth-order valence-electron chi connectivity index (χ4n) is 3.78. The van der Waals surface area contributed by atoms with Crippen molar-refractivity contribution in [2.45, 2.75) is 25.8 Å². The van der Waals surface area contributed by atoms with E-state index < -0.39 is 0 Å². The van der Waals surface area contributed by atoms with Crippen molar-refractivity contribution in [3.8, 4) is 0 Å². The van der Waals surface area contributed by atoms with Crippen LogP contribution >= 0.6 is 11.6 Å². The van der Waals surface area contributed by atoms with E-state index in [-0.39, 0.29) is 17.9 Å². The Bertz CT molecular complexity index is 946. The van der Waals surface area contributed by atoms with Gasteiger partial charge in [-0.15, -0.1) is 0 Å². The van der Waals surface area contributed by atoms with Crippen LogP contribution in [0.25, 0.3) is 11.1 Å². The lowest BCUT2D eigenvalue weighted by Gasteiger charge is -2.34. The summed E-state index contributed by atoms with van der Waals surface area (Å²) in [7, 11) is 1.88. The molecule has 1 amide bonds. The third-order valence-electron chi connectivity index (χ3n) is 5.66. The van der Waals surface area contributed by atoms with Crippen LogP contribution in [0.5, 0.6) is 0 Å². The van der Waals surface area contributed by atoms with Crippen LogP contribution in [0.2, 0.25) is 5.02 Å². The number of benzene rings is 2. The standard InChI is InChI=1S/C22H24ClN3O2/c1-15(17-6-5-7-18(23)14-17)25(2)21(27)16-10-12-26(13-11-16)22-24-19-8-3-4-9-20(19)28-22/h3-9,14-16H,10-13H2,1-2H3. The Morgan fingerprint density at radius 1 is 1.21 bits per heavy atom. The molecule has 1 atom stereocenters. The van der Waals surface area contributed by atoms with E-state index in [1.807, 2.05) is 67.4 Å². The molecule has 2 heterocycles. The number of hydrogen-bond donors (Lipinski definition) is 0. The molecule has 0 N–H and O–H groups in total. The van der Waals surface area contributed by atoms with Gasteiger partial charge < -0.3 is 14.2 Å². The second kappa shape index (κ2) is 7.84. The Morgan fingerprint density at radius 2 is 1.96 bits per heavy atom. The maximum absolute atomic E-state index is 13.0. The molecule has 0 saturated carbocycles. The Hall–Kier alpha value is -2.53. The number of amides is 1. The van der Waals surface area contributed by atoms with Crippen molar-refractivity contribution < 1.29 is 9.21 Å². The van der Waals surface area contributed by atoms with Gasteiger partial charge in [-0.05, 0) is 49.6 Å². The zero-order chi connectivity index (χ0) is 19.7. The summed E-state index contributed by atoms with van der Waals surface area (Å²) in [5.41, 5.74) is 2.71.